The standard InChI is InChI=1S/C11H10N6O4S/c12-11-16-15-10(22-11)4-9(19)14-13-5-6-3-7(17(20)21)1-2-8(6)18/h1-3,5,18H,4H2,(H2,12,16)(H,14,19)/p-1. The molecule has 3 N–H and O–H groups in total. The van der Waals surface area contributed by atoms with Gasteiger partial charge in [-0.05, 0) is 5.56 Å². The molecule has 0 saturated carbocycles. The molecule has 0 bridgehead atoms. The second-order valence-electron chi connectivity index (χ2n) is 3.98. The third-order valence-corrected chi connectivity index (χ3v) is 3.14. The number of carbonyl (C=O) groups is 1. The zero-order valence-electron chi connectivity index (χ0n) is 10.9. The van der Waals surface area contributed by atoms with E-state index >= 15 is 0 Å². The number of carbonyl (C=O) groups excluding carboxylic acids is 1. The van der Waals surface area contributed by atoms with E-state index in [4.69, 9.17) is 5.73 Å². The van der Waals surface area contributed by atoms with Crippen molar-refractivity contribution in [2.24, 2.45) is 5.10 Å². The van der Waals surface area contributed by atoms with Crippen molar-refractivity contribution in [3.8, 4) is 5.75 Å². The zero-order valence-corrected chi connectivity index (χ0v) is 11.7. The van der Waals surface area contributed by atoms with Gasteiger partial charge in [0.25, 0.3) is 5.69 Å². The normalized spacial score (nSPS) is 10.7. The molecule has 0 saturated heterocycles. The number of aromatic nitrogens is 2. The van der Waals surface area contributed by atoms with Crippen LogP contribution in [0.2, 0.25) is 0 Å². The molecule has 1 aromatic heterocycles. The third kappa shape index (κ3) is 3.96. The monoisotopic (exact) mass is 321 g/mol. The van der Waals surface area contributed by atoms with Crippen molar-refractivity contribution in [1.82, 2.24) is 15.6 Å². The number of non-ortho nitro benzene ring substituents is 1. The van der Waals surface area contributed by atoms with Gasteiger partial charge in [0.1, 0.15) is 5.01 Å². The highest BCUT2D eigenvalue weighted by Gasteiger charge is 2.08. The van der Waals surface area contributed by atoms with E-state index in [-0.39, 0.29) is 22.8 Å². The highest BCUT2D eigenvalue weighted by Crippen LogP contribution is 2.19. The number of nitrogens with zero attached hydrogens (tertiary/aromatic N) is 4. The smallest absolute Gasteiger partial charge is 0.270 e. The van der Waals surface area contributed by atoms with Crippen LogP contribution in [0.25, 0.3) is 0 Å². The highest BCUT2D eigenvalue weighted by atomic mass is 32.1. The quantitative estimate of drug-likeness (QED) is 0.438. The summed E-state index contributed by atoms with van der Waals surface area (Å²) in [4.78, 5) is 21.5. The van der Waals surface area contributed by atoms with Gasteiger partial charge in [-0.3, -0.25) is 14.9 Å². The Hall–Kier alpha value is -3.08. The minimum Gasteiger partial charge on any atom is -0.872 e. The zero-order chi connectivity index (χ0) is 16.1. The van der Waals surface area contributed by atoms with Gasteiger partial charge in [-0.25, -0.2) is 5.43 Å². The maximum Gasteiger partial charge on any atom is 0.270 e. The van der Waals surface area contributed by atoms with Crippen LogP contribution in [0.15, 0.2) is 23.3 Å². The van der Waals surface area contributed by atoms with Crippen molar-refractivity contribution in [2.45, 2.75) is 6.42 Å². The molecular weight excluding hydrogens is 312 g/mol. The Labute approximate surface area is 127 Å². The van der Waals surface area contributed by atoms with Crippen LogP contribution in [0.4, 0.5) is 10.8 Å². The first kappa shape index (κ1) is 15.3. The summed E-state index contributed by atoms with van der Waals surface area (Å²) in [6.45, 7) is 0. The molecule has 1 aromatic carbocycles. The van der Waals surface area contributed by atoms with Crippen LogP contribution in [0.1, 0.15) is 10.6 Å². The molecule has 114 valence electrons. The molecule has 10 nitrogen and oxygen atoms in total. The Morgan fingerprint density at radius 2 is 2.27 bits per heavy atom. The summed E-state index contributed by atoms with van der Waals surface area (Å²) < 4.78 is 0. The van der Waals surface area contributed by atoms with E-state index < -0.39 is 16.6 Å². The van der Waals surface area contributed by atoms with Gasteiger partial charge in [0.2, 0.25) is 11.0 Å². The van der Waals surface area contributed by atoms with Crippen molar-refractivity contribution in [2.75, 3.05) is 5.73 Å². The summed E-state index contributed by atoms with van der Waals surface area (Å²) in [5.74, 6) is -0.925. The van der Waals surface area contributed by atoms with Crippen molar-refractivity contribution in [1.29, 1.82) is 0 Å². The molecule has 11 heteroatoms. The van der Waals surface area contributed by atoms with Crippen LogP contribution in [0.3, 0.4) is 0 Å². The molecule has 0 atom stereocenters. The minimum atomic E-state index is -0.630. The summed E-state index contributed by atoms with van der Waals surface area (Å²) in [5, 5.41) is 33.6. The lowest BCUT2D eigenvalue weighted by Crippen LogP contribution is -2.19. The van der Waals surface area contributed by atoms with Crippen molar-refractivity contribution >= 4 is 34.3 Å². The van der Waals surface area contributed by atoms with Crippen molar-refractivity contribution in [3.63, 3.8) is 0 Å². The van der Waals surface area contributed by atoms with Crippen LogP contribution in [-0.2, 0) is 11.2 Å². The van der Waals surface area contributed by atoms with Gasteiger partial charge >= 0.3 is 0 Å². The second-order valence-corrected chi connectivity index (χ2v) is 5.08. The second kappa shape index (κ2) is 6.58. The number of hydrazone groups is 1. The maximum absolute atomic E-state index is 11.6. The molecule has 0 fully saturated rings. The van der Waals surface area contributed by atoms with E-state index in [1.54, 1.807) is 0 Å². The number of benzene rings is 1. The average Bonchev–Trinajstić information content (AvgIpc) is 2.85. The number of nitro groups is 1. The molecule has 0 aliphatic heterocycles. The van der Waals surface area contributed by atoms with E-state index in [1.165, 1.54) is 0 Å². The predicted octanol–water partition coefficient (Wildman–Crippen LogP) is -0.205. The lowest BCUT2D eigenvalue weighted by Gasteiger charge is -2.08. The summed E-state index contributed by atoms with van der Waals surface area (Å²) in [6, 6.07) is 3.23. The number of amides is 1. The Morgan fingerprint density at radius 1 is 1.50 bits per heavy atom. The van der Waals surface area contributed by atoms with E-state index in [0.717, 1.165) is 35.8 Å². The van der Waals surface area contributed by atoms with Crippen LogP contribution in [-0.4, -0.2) is 27.2 Å². The largest absolute Gasteiger partial charge is 0.872 e. The van der Waals surface area contributed by atoms with Crippen LogP contribution >= 0.6 is 11.3 Å². The molecule has 0 unspecified atom stereocenters. The molecule has 0 aliphatic rings. The number of rotatable bonds is 5. The van der Waals surface area contributed by atoms with Crippen molar-refractivity contribution in [3.05, 3.63) is 38.9 Å². The Balaban J connectivity index is 1.98. The number of anilines is 1. The summed E-state index contributed by atoms with van der Waals surface area (Å²) >= 11 is 1.07. The van der Waals surface area contributed by atoms with Gasteiger partial charge in [-0.2, -0.15) is 5.10 Å². The highest BCUT2D eigenvalue weighted by molar-refractivity contribution is 7.15. The number of nitrogens with one attached hydrogen (secondary N) is 1. The summed E-state index contributed by atoms with van der Waals surface area (Å²) in [7, 11) is 0. The minimum absolute atomic E-state index is 0.00494. The number of nitrogen functional groups attached to an aromatic ring is 1. The topological polar surface area (TPSA) is 159 Å². The van der Waals surface area contributed by atoms with E-state index in [9.17, 15) is 20.0 Å². The molecule has 1 heterocycles. The first-order chi connectivity index (χ1) is 10.5. The molecule has 0 spiro atoms. The van der Waals surface area contributed by atoms with E-state index in [2.05, 4.69) is 20.7 Å². The Morgan fingerprint density at radius 3 is 2.91 bits per heavy atom. The fourth-order valence-corrected chi connectivity index (χ4v) is 2.05. The van der Waals surface area contributed by atoms with E-state index in [0.29, 0.717) is 5.01 Å². The van der Waals surface area contributed by atoms with Crippen LogP contribution in [0.5, 0.6) is 5.75 Å². The van der Waals surface area contributed by atoms with Gasteiger partial charge in [0.15, 0.2) is 0 Å². The molecule has 1 amide bonds. The number of hydrogen-bond donors (Lipinski definition) is 2. The first-order valence-corrected chi connectivity index (χ1v) is 6.62. The van der Waals surface area contributed by atoms with Crippen LogP contribution < -0.4 is 16.3 Å². The van der Waals surface area contributed by atoms with Gasteiger partial charge in [-0.1, -0.05) is 23.2 Å². The molecular formula is C11H9N6O4S-. The molecule has 2 aromatic rings. The van der Waals surface area contributed by atoms with Gasteiger partial charge < -0.3 is 10.8 Å². The number of nitrogens with two attached hydrogens (primary N) is 1. The number of hydrogen-bond acceptors (Lipinski definition) is 9. The first-order valence-electron chi connectivity index (χ1n) is 5.81. The Bertz CT molecular complexity index is 744. The Kier molecular flexibility index (Phi) is 4.58. The molecule has 22 heavy (non-hydrogen) atoms. The lowest BCUT2D eigenvalue weighted by atomic mass is 10.2. The lowest BCUT2D eigenvalue weighted by molar-refractivity contribution is -0.385. The van der Waals surface area contributed by atoms with Gasteiger partial charge in [-0.15, -0.1) is 10.2 Å². The fourth-order valence-electron chi connectivity index (χ4n) is 1.44. The van der Waals surface area contributed by atoms with Gasteiger partial charge in [0, 0.05) is 12.1 Å². The van der Waals surface area contributed by atoms with Crippen molar-refractivity contribution < 1.29 is 14.8 Å². The van der Waals surface area contributed by atoms with Gasteiger partial charge in [0.05, 0.1) is 17.6 Å². The third-order valence-electron chi connectivity index (χ3n) is 2.39. The summed E-state index contributed by atoms with van der Waals surface area (Å²) in [6.07, 6.45) is 0.979. The summed E-state index contributed by atoms with van der Waals surface area (Å²) in [5.41, 5.74) is 7.32. The average molecular weight is 321 g/mol. The van der Waals surface area contributed by atoms with Crippen LogP contribution in [0, 0.1) is 10.1 Å². The fraction of sp³-hybridized carbons (Fsp3) is 0.0909. The number of nitro benzene ring substituents is 1. The molecule has 0 radical (unpaired) electrons. The maximum atomic E-state index is 11.6. The van der Waals surface area contributed by atoms with E-state index in [1.807, 2.05) is 0 Å². The molecule has 2 rings (SSSR count). The molecule has 0 aliphatic carbocycles. The SMILES string of the molecule is Nc1nnc(CC(=O)NN=Cc2cc([N+](=O)[O-])ccc2[O-])s1. The predicted molar refractivity (Wildman–Crippen MR) is 76.3 cm³/mol.